The zero-order valence-corrected chi connectivity index (χ0v) is 7.67. The molecule has 0 amide bonds. The van der Waals surface area contributed by atoms with Crippen LogP contribution in [0.2, 0.25) is 0 Å². The maximum Gasteiger partial charge on any atom is 0.472 e. The van der Waals surface area contributed by atoms with Gasteiger partial charge in [-0.3, -0.25) is 9.05 Å². The Hall–Kier alpha value is 0.629. The van der Waals surface area contributed by atoms with Gasteiger partial charge in [0.25, 0.3) is 0 Å². The largest absolute Gasteiger partial charge is 0.472 e. The summed E-state index contributed by atoms with van der Waals surface area (Å²) in [6, 6.07) is 0. The fraction of sp³-hybridized carbons (Fsp3) is 1.00. The minimum Gasteiger partial charge on any atom is -0.302 e. The summed E-state index contributed by atoms with van der Waals surface area (Å²) in [6.45, 7) is 3.63. The Balaban J connectivity index is 0. The van der Waals surface area contributed by atoms with E-state index in [9.17, 15) is 4.57 Å². The van der Waals surface area contributed by atoms with Gasteiger partial charge in [-0.25, -0.2) is 4.57 Å². The molecule has 1 radical (unpaired) electrons. The van der Waals surface area contributed by atoms with Crippen LogP contribution in [0.5, 0.6) is 0 Å². The summed E-state index contributed by atoms with van der Waals surface area (Å²) in [5, 5.41) is 0. The van der Waals surface area contributed by atoms with E-state index < -0.39 is 7.82 Å². The van der Waals surface area contributed by atoms with Crippen molar-refractivity contribution in [2.75, 3.05) is 13.2 Å². The number of hydrogen-bond acceptors (Lipinski definition) is 3. The molecule has 0 aromatic heterocycles. The maximum atomic E-state index is 10.5. The average molecular weight is 218 g/mol. The second-order valence-corrected chi connectivity index (χ2v) is 2.76. The van der Waals surface area contributed by atoms with E-state index in [2.05, 4.69) is 9.05 Å². The van der Waals surface area contributed by atoms with Gasteiger partial charge >= 0.3 is 7.82 Å². The molecule has 0 saturated heterocycles. The minimum atomic E-state index is -3.69. The zero-order valence-electron chi connectivity index (χ0n) is 5.83. The number of phosphoric ester groups is 1. The molecule has 0 aliphatic heterocycles. The Morgan fingerprint density at radius 3 is 1.80 bits per heavy atom. The zero-order chi connectivity index (χ0) is 7.33. The Morgan fingerprint density at radius 1 is 1.30 bits per heavy atom. The molecular formula is C4H11CuO4P. The third-order valence-corrected chi connectivity index (χ3v) is 1.75. The number of phosphoric acid groups is 1. The number of rotatable bonds is 4. The van der Waals surface area contributed by atoms with E-state index in [0.29, 0.717) is 0 Å². The van der Waals surface area contributed by atoms with Gasteiger partial charge in [0.2, 0.25) is 0 Å². The molecule has 0 spiro atoms. The van der Waals surface area contributed by atoms with Crippen LogP contribution in [0.4, 0.5) is 0 Å². The predicted molar refractivity (Wildman–Crippen MR) is 33.1 cm³/mol. The molecule has 0 atom stereocenters. The first-order valence-corrected chi connectivity index (χ1v) is 4.23. The van der Waals surface area contributed by atoms with Gasteiger partial charge in [-0.2, -0.15) is 0 Å². The quantitative estimate of drug-likeness (QED) is 0.567. The van der Waals surface area contributed by atoms with E-state index in [-0.39, 0.29) is 30.3 Å². The van der Waals surface area contributed by atoms with Crippen LogP contribution in [0.1, 0.15) is 13.8 Å². The Kier molecular flexibility index (Phi) is 8.40. The summed E-state index contributed by atoms with van der Waals surface area (Å²) >= 11 is 0. The first kappa shape index (κ1) is 13.2. The second kappa shape index (κ2) is 6.35. The van der Waals surface area contributed by atoms with Crippen LogP contribution >= 0.6 is 7.82 Å². The van der Waals surface area contributed by atoms with E-state index in [4.69, 9.17) is 4.89 Å². The summed E-state index contributed by atoms with van der Waals surface area (Å²) in [6.07, 6.45) is 0. The summed E-state index contributed by atoms with van der Waals surface area (Å²) in [5.74, 6) is 0. The van der Waals surface area contributed by atoms with Crippen LogP contribution in [0.25, 0.3) is 0 Å². The van der Waals surface area contributed by atoms with Crippen molar-refractivity contribution in [1.82, 2.24) is 0 Å². The van der Waals surface area contributed by atoms with Gasteiger partial charge in [-0.1, -0.05) is 0 Å². The number of hydrogen-bond donors (Lipinski definition) is 1. The van der Waals surface area contributed by atoms with Gasteiger partial charge < -0.3 is 4.89 Å². The third kappa shape index (κ3) is 6.75. The molecule has 0 heterocycles. The summed E-state index contributed by atoms with van der Waals surface area (Å²) in [7, 11) is -3.69. The average Bonchev–Trinajstić information content (AvgIpc) is 1.64. The molecule has 6 heteroatoms. The van der Waals surface area contributed by atoms with Gasteiger partial charge in [0.15, 0.2) is 0 Å². The van der Waals surface area contributed by atoms with Crippen LogP contribution in [-0.2, 0) is 30.7 Å². The monoisotopic (exact) mass is 217 g/mol. The van der Waals surface area contributed by atoms with Crippen molar-refractivity contribution in [3.63, 3.8) is 0 Å². The summed E-state index contributed by atoms with van der Waals surface area (Å²) in [4.78, 5) is 8.63. The second-order valence-electron chi connectivity index (χ2n) is 1.30. The maximum absolute atomic E-state index is 10.5. The Labute approximate surface area is 71.0 Å². The van der Waals surface area contributed by atoms with E-state index in [1.807, 2.05) is 0 Å². The molecule has 1 N–H and O–H groups in total. The van der Waals surface area contributed by atoms with Crippen LogP contribution in [0.15, 0.2) is 0 Å². The molecule has 0 unspecified atom stereocenters. The fourth-order valence-electron chi connectivity index (χ4n) is 0.364. The standard InChI is InChI=1S/C4H11O4P.Cu/c1-3-7-9(5,6)8-4-2;/h3-4H2,1-2H3,(H,5,6);. The molecule has 4 nitrogen and oxygen atoms in total. The van der Waals surface area contributed by atoms with Gasteiger partial charge in [-0.15, -0.1) is 0 Å². The van der Waals surface area contributed by atoms with Crippen molar-refractivity contribution < 1.29 is 35.6 Å². The summed E-state index contributed by atoms with van der Waals surface area (Å²) < 4.78 is 19.2. The molecule has 0 saturated carbocycles. The topological polar surface area (TPSA) is 55.8 Å². The van der Waals surface area contributed by atoms with Crippen LogP contribution in [0, 0.1) is 0 Å². The van der Waals surface area contributed by atoms with Crippen molar-refractivity contribution in [3.05, 3.63) is 0 Å². The molecule has 67 valence electrons. The first-order valence-electron chi connectivity index (χ1n) is 2.74. The molecule has 0 aliphatic rings. The molecule has 0 rings (SSSR count). The van der Waals surface area contributed by atoms with E-state index >= 15 is 0 Å². The Bertz CT molecular complexity index is 108. The third-order valence-electron chi connectivity index (χ3n) is 0.584. The van der Waals surface area contributed by atoms with Crippen LogP contribution in [0.3, 0.4) is 0 Å². The van der Waals surface area contributed by atoms with Crippen molar-refractivity contribution in [2.24, 2.45) is 0 Å². The fourth-order valence-corrected chi connectivity index (χ4v) is 1.09. The van der Waals surface area contributed by atoms with E-state index in [1.165, 1.54) is 0 Å². The van der Waals surface area contributed by atoms with Crippen molar-refractivity contribution in [2.45, 2.75) is 13.8 Å². The van der Waals surface area contributed by atoms with E-state index in [1.54, 1.807) is 13.8 Å². The van der Waals surface area contributed by atoms with Crippen molar-refractivity contribution in [3.8, 4) is 0 Å². The molecule has 10 heavy (non-hydrogen) atoms. The Morgan fingerprint density at radius 2 is 1.60 bits per heavy atom. The molecular weight excluding hydrogens is 207 g/mol. The van der Waals surface area contributed by atoms with Crippen LogP contribution in [-0.4, -0.2) is 18.1 Å². The molecule has 0 fully saturated rings. The minimum absolute atomic E-state index is 0. The SMILES string of the molecule is CCOP(=O)(O)OCC.[Cu]. The van der Waals surface area contributed by atoms with Gasteiger partial charge in [0.05, 0.1) is 13.2 Å². The van der Waals surface area contributed by atoms with Gasteiger partial charge in [0.1, 0.15) is 0 Å². The first-order chi connectivity index (χ1) is 4.12. The van der Waals surface area contributed by atoms with Crippen molar-refractivity contribution in [1.29, 1.82) is 0 Å². The molecule has 0 aliphatic carbocycles. The normalized spacial score (nSPS) is 10.7. The van der Waals surface area contributed by atoms with Crippen LogP contribution < -0.4 is 0 Å². The van der Waals surface area contributed by atoms with E-state index in [0.717, 1.165) is 0 Å². The van der Waals surface area contributed by atoms with Gasteiger partial charge in [-0.05, 0) is 13.8 Å². The predicted octanol–water partition coefficient (Wildman–Crippen LogP) is 1.16. The van der Waals surface area contributed by atoms with Gasteiger partial charge in [0, 0.05) is 17.1 Å². The molecule has 0 bridgehead atoms. The summed E-state index contributed by atoms with van der Waals surface area (Å²) in [5.41, 5.74) is 0. The van der Waals surface area contributed by atoms with Crippen molar-refractivity contribution >= 4 is 7.82 Å². The molecule has 0 aromatic carbocycles. The smallest absolute Gasteiger partial charge is 0.302 e. The molecule has 0 aromatic rings.